The van der Waals surface area contributed by atoms with Gasteiger partial charge in [0.15, 0.2) is 6.61 Å². The summed E-state index contributed by atoms with van der Waals surface area (Å²) in [7, 11) is 0. The first-order chi connectivity index (χ1) is 20.0. The number of alkyl carbamates (subject to hydrolysis) is 1. The van der Waals surface area contributed by atoms with Crippen molar-refractivity contribution in [3.8, 4) is 0 Å². The predicted molar refractivity (Wildman–Crippen MR) is 150 cm³/mol. The fraction of sp³-hybridized carbons (Fsp3) is 0.667. The Labute approximate surface area is 242 Å². The molecule has 14 heteroatoms. The van der Waals surface area contributed by atoms with Crippen molar-refractivity contribution in [1.82, 2.24) is 10.6 Å². The summed E-state index contributed by atoms with van der Waals surface area (Å²) in [5.74, 6) is -0.371. The predicted octanol–water partition coefficient (Wildman–Crippen LogP) is 1.38. The van der Waals surface area contributed by atoms with E-state index in [1.807, 2.05) is 13.6 Å². The molecule has 0 saturated carbocycles. The second kappa shape index (κ2) is 52.7. The van der Waals surface area contributed by atoms with E-state index in [-0.39, 0.29) is 19.1 Å². The summed E-state index contributed by atoms with van der Waals surface area (Å²) in [4.78, 5) is 87.0. The molecule has 238 valence electrons. The number of unbranched alkanes of at least 4 members (excludes halogenated alkanes) is 6. The Bertz CT molecular complexity index is 571. The van der Waals surface area contributed by atoms with Crippen LogP contribution in [-0.4, -0.2) is 103 Å². The molecule has 0 aliphatic rings. The first-order valence-corrected chi connectivity index (χ1v) is 13.1. The minimum Gasteiger partial charge on any atom is -0.439 e. The van der Waals surface area contributed by atoms with E-state index < -0.39 is 6.09 Å². The molecule has 14 nitrogen and oxygen atoms in total. The average Bonchev–Trinajstić information content (AvgIpc) is 3.00. The maximum atomic E-state index is 11.4. The zero-order valence-electron chi connectivity index (χ0n) is 24.2. The van der Waals surface area contributed by atoms with Crippen LogP contribution in [0, 0.1) is 0 Å². The summed E-state index contributed by atoms with van der Waals surface area (Å²) in [6.07, 6.45) is 10.1. The zero-order chi connectivity index (χ0) is 32.2. The number of nitrogens with one attached hydrogen (secondary N) is 2. The quantitative estimate of drug-likeness (QED) is 0.127. The smallest absolute Gasteiger partial charge is 0.407 e. The molecule has 0 heterocycles. The summed E-state index contributed by atoms with van der Waals surface area (Å²) in [6.45, 7) is 8.35. The van der Waals surface area contributed by atoms with Gasteiger partial charge in [0.1, 0.15) is 45.0 Å². The monoisotopic (exact) mass is 592 g/mol. The van der Waals surface area contributed by atoms with Gasteiger partial charge < -0.3 is 58.4 Å². The maximum absolute atomic E-state index is 11.4. The molecular formula is C27H48N2O12. The van der Waals surface area contributed by atoms with Crippen LogP contribution in [0.25, 0.3) is 0 Å². The molecule has 41 heavy (non-hydrogen) atoms. The number of carbonyl (C=O) groups excluding carboxylic acids is 9. The van der Waals surface area contributed by atoms with Crippen LogP contribution in [0.5, 0.6) is 0 Å². The lowest BCUT2D eigenvalue weighted by Gasteiger charge is -2.08. The van der Waals surface area contributed by atoms with Crippen LogP contribution in [0.4, 0.5) is 4.79 Å². The minimum atomic E-state index is -0.671. The highest BCUT2D eigenvalue weighted by atomic mass is 16.6. The van der Waals surface area contributed by atoms with Crippen LogP contribution >= 0.6 is 0 Å². The Morgan fingerprint density at radius 3 is 1.39 bits per heavy atom. The molecular weight excluding hydrogens is 544 g/mol. The Kier molecular flexibility index (Phi) is 60.7. The third-order valence-electron chi connectivity index (χ3n) is 3.96. The summed E-state index contributed by atoms with van der Waals surface area (Å²) in [5.41, 5.74) is 0. The zero-order valence-corrected chi connectivity index (χ0v) is 24.2. The fourth-order valence-corrected chi connectivity index (χ4v) is 2.01. The largest absolute Gasteiger partial charge is 0.439 e. The minimum absolute atomic E-state index is 0.285. The SMILES string of the molecule is C=O.C=O.CCCCOCCNC(=O)COC(=O)NCCOCCCC=O.O=CCCCC=O.O=CCCCC=O. The summed E-state index contributed by atoms with van der Waals surface area (Å²) < 4.78 is 15.2. The van der Waals surface area contributed by atoms with Crippen LogP contribution in [-0.2, 0) is 52.6 Å². The van der Waals surface area contributed by atoms with E-state index in [9.17, 15) is 33.6 Å². The van der Waals surface area contributed by atoms with Crippen molar-refractivity contribution in [1.29, 1.82) is 0 Å². The van der Waals surface area contributed by atoms with E-state index in [1.165, 1.54) is 0 Å². The molecule has 0 radical (unpaired) electrons. The van der Waals surface area contributed by atoms with Gasteiger partial charge in [-0.2, -0.15) is 0 Å². The average molecular weight is 593 g/mol. The standard InChI is InChI=1S/C15H28N2O6.2C5H8O2.2CH2O/c1-2-3-9-21-11-6-16-14(19)13-23-15(20)17-7-12-22-10-5-4-8-18;2*6-4-2-1-3-5-7;2*1-2/h8H,2-7,9-13H2,1H3,(H,16,19)(H,17,20);2*4-5H,1-3H2;2*1H2. The number of amides is 2. The highest BCUT2D eigenvalue weighted by Gasteiger charge is 2.06. The number of aldehydes is 5. The van der Waals surface area contributed by atoms with Gasteiger partial charge in [0.2, 0.25) is 0 Å². The van der Waals surface area contributed by atoms with Gasteiger partial charge in [0.25, 0.3) is 5.91 Å². The van der Waals surface area contributed by atoms with Crippen molar-refractivity contribution in [2.24, 2.45) is 0 Å². The van der Waals surface area contributed by atoms with E-state index in [0.717, 1.165) is 44.3 Å². The molecule has 0 spiro atoms. The highest BCUT2D eigenvalue weighted by Crippen LogP contribution is 1.88. The normalized spacial score (nSPS) is 8.61. The fourth-order valence-electron chi connectivity index (χ4n) is 2.01. The Hall–Kier alpha value is -3.65. The van der Waals surface area contributed by atoms with Gasteiger partial charge in [-0.25, -0.2) is 4.79 Å². The van der Waals surface area contributed by atoms with E-state index >= 15 is 0 Å². The first-order valence-electron chi connectivity index (χ1n) is 13.1. The first kappa shape index (κ1) is 47.2. The third-order valence-corrected chi connectivity index (χ3v) is 3.96. The molecule has 0 fully saturated rings. The lowest BCUT2D eigenvalue weighted by atomic mass is 10.3. The van der Waals surface area contributed by atoms with Crippen molar-refractivity contribution in [3.05, 3.63) is 0 Å². The maximum Gasteiger partial charge on any atom is 0.407 e. The molecule has 2 N–H and O–H groups in total. The number of hydrogen-bond donors (Lipinski definition) is 2. The lowest BCUT2D eigenvalue weighted by Crippen LogP contribution is -2.34. The molecule has 0 rings (SSSR count). The van der Waals surface area contributed by atoms with Crippen molar-refractivity contribution < 1.29 is 57.4 Å². The lowest BCUT2D eigenvalue weighted by molar-refractivity contribution is -0.124. The molecule has 0 saturated heterocycles. The van der Waals surface area contributed by atoms with Crippen LogP contribution < -0.4 is 10.6 Å². The van der Waals surface area contributed by atoms with Gasteiger partial charge in [-0.15, -0.1) is 0 Å². The number of ether oxygens (including phenoxy) is 3. The Morgan fingerprint density at radius 2 is 0.976 bits per heavy atom. The molecule has 2 amide bonds. The molecule has 0 bridgehead atoms. The van der Waals surface area contributed by atoms with E-state index in [1.54, 1.807) is 0 Å². The molecule has 0 aliphatic carbocycles. The van der Waals surface area contributed by atoms with Crippen molar-refractivity contribution in [2.45, 2.75) is 71.1 Å². The van der Waals surface area contributed by atoms with Gasteiger partial charge in [-0.1, -0.05) is 13.3 Å². The van der Waals surface area contributed by atoms with Crippen LogP contribution in [0.3, 0.4) is 0 Å². The van der Waals surface area contributed by atoms with Gasteiger partial charge in [-0.3, -0.25) is 4.79 Å². The molecule has 0 atom stereocenters. The summed E-state index contributed by atoms with van der Waals surface area (Å²) in [5, 5.41) is 5.05. The second-order valence-corrected chi connectivity index (χ2v) is 7.27. The summed E-state index contributed by atoms with van der Waals surface area (Å²) >= 11 is 0. The van der Waals surface area contributed by atoms with E-state index in [4.69, 9.17) is 23.8 Å². The summed E-state index contributed by atoms with van der Waals surface area (Å²) in [6, 6.07) is 0. The Balaban J connectivity index is -0.000000195. The number of rotatable bonds is 23. The highest BCUT2D eigenvalue weighted by molar-refractivity contribution is 5.80. The van der Waals surface area contributed by atoms with Gasteiger partial charge in [0.05, 0.1) is 13.2 Å². The molecule has 0 aromatic carbocycles. The molecule has 0 aliphatic heterocycles. The van der Waals surface area contributed by atoms with E-state index in [0.29, 0.717) is 84.3 Å². The Morgan fingerprint density at radius 1 is 0.585 bits per heavy atom. The number of hydrogen-bond acceptors (Lipinski definition) is 12. The van der Waals surface area contributed by atoms with E-state index in [2.05, 4.69) is 17.6 Å². The van der Waals surface area contributed by atoms with Gasteiger partial charge in [0, 0.05) is 58.4 Å². The van der Waals surface area contributed by atoms with Gasteiger partial charge >= 0.3 is 6.09 Å². The molecule has 0 aromatic rings. The van der Waals surface area contributed by atoms with Crippen molar-refractivity contribution in [2.75, 3.05) is 46.1 Å². The molecule has 0 unspecified atom stereocenters. The molecule has 0 aromatic heterocycles. The van der Waals surface area contributed by atoms with Crippen LogP contribution in [0.1, 0.15) is 71.1 Å². The second-order valence-electron chi connectivity index (χ2n) is 7.27. The van der Waals surface area contributed by atoms with Crippen LogP contribution in [0.2, 0.25) is 0 Å². The van der Waals surface area contributed by atoms with Crippen molar-refractivity contribution in [3.63, 3.8) is 0 Å². The topological polar surface area (TPSA) is 205 Å². The van der Waals surface area contributed by atoms with Crippen LogP contribution in [0.15, 0.2) is 0 Å². The van der Waals surface area contributed by atoms with Crippen molar-refractivity contribution >= 4 is 57.0 Å². The number of carbonyl (C=O) groups is 9. The van der Waals surface area contributed by atoms with Gasteiger partial charge in [-0.05, 0) is 25.7 Å². The third kappa shape index (κ3) is 61.8.